The van der Waals surface area contributed by atoms with Crippen LogP contribution in [0.4, 0.5) is 17.6 Å². The van der Waals surface area contributed by atoms with Crippen molar-refractivity contribution in [3.8, 4) is 23.2 Å². The molecule has 0 radical (unpaired) electrons. The van der Waals surface area contributed by atoms with Crippen molar-refractivity contribution in [2.24, 2.45) is 7.05 Å². The first-order chi connectivity index (χ1) is 16.3. The van der Waals surface area contributed by atoms with Crippen molar-refractivity contribution in [2.45, 2.75) is 25.6 Å². The van der Waals surface area contributed by atoms with Crippen LogP contribution in [0.3, 0.4) is 0 Å². The van der Waals surface area contributed by atoms with Gasteiger partial charge in [-0.15, -0.1) is 0 Å². The SMILES string of the molecule is CCC(Oc1cc(Oc2cc(-n3c(=O)cc(C(F)(F)F)n(C)c3=O)c(F)cc2Cl)ncn1)C(=O)O. The second kappa shape index (κ2) is 9.74. The van der Waals surface area contributed by atoms with Crippen LogP contribution in [0.15, 0.2) is 40.2 Å². The molecule has 10 nitrogen and oxygen atoms in total. The van der Waals surface area contributed by atoms with Crippen LogP contribution < -0.4 is 20.7 Å². The van der Waals surface area contributed by atoms with E-state index in [1.54, 1.807) is 6.92 Å². The normalized spacial score (nSPS) is 12.3. The van der Waals surface area contributed by atoms with Gasteiger partial charge in [0.2, 0.25) is 11.8 Å². The van der Waals surface area contributed by atoms with Crippen LogP contribution in [0.1, 0.15) is 19.0 Å². The topological polar surface area (TPSA) is 126 Å². The zero-order valence-corrected chi connectivity index (χ0v) is 18.6. The predicted octanol–water partition coefficient (Wildman–Crippen LogP) is 3.17. The highest BCUT2D eigenvalue weighted by molar-refractivity contribution is 6.32. The maximum Gasteiger partial charge on any atom is 0.431 e. The van der Waals surface area contributed by atoms with Gasteiger partial charge in [-0.2, -0.15) is 13.2 Å². The minimum absolute atomic E-state index is 0.125. The van der Waals surface area contributed by atoms with Gasteiger partial charge in [0.15, 0.2) is 6.10 Å². The molecular weight excluding hydrogens is 504 g/mol. The molecule has 0 saturated heterocycles. The molecule has 1 unspecified atom stereocenters. The molecule has 1 atom stereocenters. The van der Waals surface area contributed by atoms with E-state index in [-0.39, 0.29) is 44.2 Å². The highest BCUT2D eigenvalue weighted by Gasteiger charge is 2.35. The van der Waals surface area contributed by atoms with Crippen LogP contribution in [0.25, 0.3) is 5.69 Å². The molecule has 15 heteroatoms. The molecule has 2 heterocycles. The second-order valence-corrected chi connectivity index (χ2v) is 7.33. The molecule has 0 bridgehead atoms. The van der Waals surface area contributed by atoms with Gasteiger partial charge in [-0.1, -0.05) is 18.5 Å². The van der Waals surface area contributed by atoms with E-state index >= 15 is 0 Å². The summed E-state index contributed by atoms with van der Waals surface area (Å²) in [6, 6.07) is 2.76. The zero-order chi connectivity index (χ0) is 26.1. The van der Waals surface area contributed by atoms with E-state index in [2.05, 4.69) is 9.97 Å². The van der Waals surface area contributed by atoms with Gasteiger partial charge in [-0.25, -0.2) is 28.5 Å². The Balaban J connectivity index is 2.04. The standard InChI is InChI=1S/C20H15ClF4N4O6/c1-3-12(18(31)32)34-15-7-16(27-8-26-15)35-13-5-11(10(22)4-9(13)21)29-17(30)6-14(20(23,24)25)28(2)19(29)33/h4-8,12H,3H2,1-2H3,(H,31,32). The molecule has 1 aromatic carbocycles. The number of aromatic nitrogens is 4. The van der Waals surface area contributed by atoms with Crippen LogP contribution in [0.5, 0.6) is 17.5 Å². The molecule has 1 N–H and O–H groups in total. The van der Waals surface area contributed by atoms with Crippen LogP contribution in [-0.2, 0) is 18.0 Å². The van der Waals surface area contributed by atoms with Gasteiger partial charge in [0.05, 0.1) is 16.8 Å². The van der Waals surface area contributed by atoms with E-state index in [0.29, 0.717) is 6.07 Å². The molecule has 0 aliphatic rings. The summed E-state index contributed by atoms with van der Waals surface area (Å²) in [6.45, 7) is 1.57. The largest absolute Gasteiger partial charge is 0.479 e. The van der Waals surface area contributed by atoms with Gasteiger partial charge in [-0.3, -0.25) is 9.36 Å². The monoisotopic (exact) mass is 518 g/mol. The van der Waals surface area contributed by atoms with Crippen LogP contribution in [0, 0.1) is 5.82 Å². The molecule has 3 rings (SSSR count). The second-order valence-electron chi connectivity index (χ2n) is 6.93. The van der Waals surface area contributed by atoms with Crippen molar-refractivity contribution in [2.75, 3.05) is 0 Å². The first-order valence-corrected chi connectivity index (χ1v) is 10.00. The number of hydrogen-bond acceptors (Lipinski definition) is 7. The lowest BCUT2D eigenvalue weighted by atomic mass is 10.2. The quantitative estimate of drug-likeness (QED) is 0.473. The van der Waals surface area contributed by atoms with Gasteiger partial charge in [0.1, 0.15) is 23.6 Å². The van der Waals surface area contributed by atoms with E-state index in [4.69, 9.17) is 26.2 Å². The Labute approximate surface area is 198 Å². The molecule has 0 spiro atoms. The van der Waals surface area contributed by atoms with Crippen LogP contribution in [0.2, 0.25) is 5.02 Å². The summed E-state index contributed by atoms with van der Waals surface area (Å²) in [5.74, 6) is -3.16. The first kappa shape index (κ1) is 25.7. The number of carboxylic acid groups (broad SMARTS) is 1. The van der Waals surface area contributed by atoms with Crippen LogP contribution in [-0.4, -0.2) is 36.3 Å². The van der Waals surface area contributed by atoms with Crippen molar-refractivity contribution < 1.29 is 36.9 Å². The molecular formula is C20H15ClF4N4O6. The summed E-state index contributed by atoms with van der Waals surface area (Å²) >= 11 is 5.99. The summed E-state index contributed by atoms with van der Waals surface area (Å²) in [5.41, 5.74) is -5.15. The molecule has 0 aliphatic carbocycles. The lowest BCUT2D eigenvalue weighted by Gasteiger charge is -2.15. The number of halogens is 5. The third kappa shape index (κ3) is 5.42. The summed E-state index contributed by atoms with van der Waals surface area (Å²) in [5, 5.41) is 8.76. The number of hydrogen-bond donors (Lipinski definition) is 1. The van der Waals surface area contributed by atoms with Gasteiger partial charge < -0.3 is 14.6 Å². The lowest BCUT2D eigenvalue weighted by molar-refractivity contribution is -0.145. The smallest absolute Gasteiger partial charge is 0.431 e. The van der Waals surface area contributed by atoms with Gasteiger partial charge >= 0.3 is 17.8 Å². The number of rotatable bonds is 7. The molecule has 3 aromatic rings. The van der Waals surface area contributed by atoms with E-state index < -0.39 is 46.7 Å². The Morgan fingerprint density at radius 1 is 1.17 bits per heavy atom. The zero-order valence-electron chi connectivity index (χ0n) is 17.8. The minimum Gasteiger partial charge on any atom is -0.479 e. The number of ether oxygens (including phenoxy) is 2. The van der Waals surface area contributed by atoms with E-state index in [1.165, 1.54) is 0 Å². The molecule has 35 heavy (non-hydrogen) atoms. The number of nitrogens with zero attached hydrogens (tertiary/aromatic N) is 4. The summed E-state index contributed by atoms with van der Waals surface area (Å²) in [7, 11) is 0.773. The predicted molar refractivity (Wildman–Crippen MR) is 112 cm³/mol. The van der Waals surface area contributed by atoms with Gasteiger partial charge in [0.25, 0.3) is 5.56 Å². The average Bonchev–Trinajstić information content (AvgIpc) is 2.76. The average molecular weight is 519 g/mol. The van der Waals surface area contributed by atoms with Crippen molar-refractivity contribution in [3.05, 3.63) is 68.0 Å². The molecule has 0 aliphatic heterocycles. The maximum atomic E-state index is 14.6. The van der Waals surface area contributed by atoms with Crippen molar-refractivity contribution in [1.29, 1.82) is 0 Å². The van der Waals surface area contributed by atoms with Crippen molar-refractivity contribution >= 4 is 17.6 Å². The van der Waals surface area contributed by atoms with Gasteiger partial charge in [-0.05, 0) is 12.5 Å². The fourth-order valence-corrected chi connectivity index (χ4v) is 3.09. The lowest BCUT2D eigenvalue weighted by Crippen LogP contribution is -2.41. The molecule has 0 amide bonds. The molecule has 0 saturated carbocycles. The Bertz CT molecular complexity index is 1410. The Morgan fingerprint density at radius 3 is 2.43 bits per heavy atom. The summed E-state index contributed by atoms with van der Waals surface area (Å²) in [4.78, 5) is 43.5. The van der Waals surface area contributed by atoms with E-state index in [9.17, 15) is 31.9 Å². The first-order valence-electron chi connectivity index (χ1n) is 9.62. The summed E-state index contributed by atoms with van der Waals surface area (Å²) in [6.07, 6.45) is -5.10. The number of carbonyl (C=O) groups is 1. The fourth-order valence-electron chi connectivity index (χ4n) is 2.90. The van der Waals surface area contributed by atoms with Crippen molar-refractivity contribution in [1.82, 2.24) is 19.1 Å². The maximum absolute atomic E-state index is 14.6. The molecule has 2 aromatic heterocycles. The van der Waals surface area contributed by atoms with Crippen molar-refractivity contribution in [3.63, 3.8) is 0 Å². The highest BCUT2D eigenvalue weighted by Crippen LogP contribution is 2.33. The van der Waals surface area contributed by atoms with Gasteiger partial charge in [0, 0.05) is 19.2 Å². The number of alkyl halides is 3. The fraction of sp³-hybridized carbons (Fsp3) is 0.250. The Hall–Kier alpha value is -3.94. The number of carboxylic acids is 1. The van der Waals surface area contributed by atoms with Crippen LogP contribution >= 0.6 is 11.6 Å². The number of benzene rings is 1. The Kier molecular flexibility index (Phi) is 7.14. The third-order valence-electron chi connectivity index (χ3n) is 4.59. The highest BCUT2D eigenvalue weighted by atomic mass is 35.5. The molecule has 186 valence electrons. The molecule has 0 fully saturated rings. The summed E-state index contributed by atoms with van der Waals surface area (Å²) < 4.78 is 64.9. The van der Waals surface area contributed by atoms with E-state index in [0.717, 1.165) is 25.5 Å². The van der Waals surface area contributed by atoms with E-state index in [1.807, 2.05) is 0 Å². The number of aliphatic carboxylic acids is 1. The Morgan fingerprint density at radius 2 is 1.83 bits per heavy atom. The minimum atomic E-state index is -5.00. The third-order valence-corrected chi connectivity index (χ3v) is 4.89.